The molecule has 0 aliphatic carbocycles. The Morgan fingerprint density at radius 3 is 1.00 bits per heavy atom. The molecule has 0 atom stereocenters. The number of hydrogen-bond acceptors (Lipinski definition) is 10. The average Bonchev–Trinajstić information content (AvgIpc) is 3.08. The van der Waals surface area contributed by atoms with Crippen molar-refractivity contribution in [3.05, 3.63) is 81.7 Å². The number of anilines is 2. The van der Waals surface area contributed by atoms with E-state index in [1.54, 1.807) is 28.4 Å². The van der Waals surface area contributed by atoms with Gasteiger partial charge < -0.3 is 49.4 Å². The van der Waals surface area contributed by atoms with E-state index < -0.39 is 0 Å². The summed E-state index contributed by atoms with van der Waals surface area (Å²) in [6.07, 6.45) is 0. The third kappa shape index (κ3) is 12.5. The van der Waals surface area contributed by atoms with Crippen LogP contribution in [-0.2, 0) is 18.9 Å². The van der Waals surface area contributed by atoms with Gasteiger partial charge in [0.1, 0.15) is 49.4 Å². The zero-order chi connectivity index (χ0) is 34.7. The fraction of sp³-hybridized carbons (Fsp3) is 0.333. The molecule has 0 aliphatic rings. The minimum atomic E-state index is 0.434. The largest absolute Gasteiger partial charge is 0.491 e. The van der Waals surface area contributed by atoms with E-state index in [1.807, 2.05) is 72.8 Å². The third-order valence-corrected chi connectivity index (χ3v) is 7.93. The van der Waals surface area contributed by atoms with Crippen molar-refractivity contribution in [1.82, 2.24) is 0 Å². The highest BCUT2D eigenvalue weighted by Crippen LogP contribution is 2.41. The predicted octanol–water partition coefficient (Wildman–Crippen LogP) is 7.50. The number of halogens is 2. The van der Waals surface area contributed by atoms with E-state index in [9.17, 15) is 0 Å². The Kier molecular flexibility index (Phi) is 17.4. The summed E-state index contributed by atoms with van der Waals surface area (Å²) in [5.41, 5.74) is 16.9. The minimum absolute atomic E-state index is 0.434. The molecule has 4 aromatic rings. The number of ether oxygens (including phenoxy) is 8. The molecule has 10 nitrogen and oxygen atoms in total. The average molecular weight is 793 g/mol. The van der Waals surface area contributed by atoms with Gasteiger partial charge in [-0.15, -0.1) is 0 Å². The van der Waals surface area contributed by atoms with Crippen LogP contribution in [0.1, 0.15) is 0 Å². The van der Waals surface area contributed by atoms with Gasteiger partial charge in [0.2, 0.25) is 0 Å². The second kappa shape index (κ2) is 21.5. The molecule has 0 heterocycles. The zero-order valence-electron chi connectivity index (χ0n) is 27.8. The number of hydrogen-bond donors (Lipinski definition) is 2. The Morgan fingerprint density at radius 2 is 0.708 bits per heavy atom. The Labute approximate surface area is 299 Å². The molecule has 260 valence electrons. The summed E-state index contributed by atoms with van der Waals surface area (Å²) in [5.74, 6) is 2.97. The fourth-order valence-electron chi connectivity index (χ4n) is 4.25. The van der Waals surface area contributed by atoms with E-state index >= 15 is 0 Å². The van der Waals surface area contributed by atoms with Crippen molar-refractivity contribution in [2.24, 2.45) is 0 Å². The molecule has 0 saturated heterocycles. The highest BCUT2D eigenvalue weighted by Gasteiger charge is 2.16. The summed E-state index contributed by atoms with van der Waals surface area (Å²) in [5, 5.41) is 0. The molecule has 0 saturated carbocycles. The van der Waals surface area contributed by atoms with Crippen molar-refractivity contribution in [2.45, 2.75) is 0 Å². The van der Waals surface area contributed by atoms with Crippen molar-refractivity contribution >= 4 is 43.2 Å². The second-order valence-corrected chi connectivity index (χ2v) is 11.9. The first-order chi connectivity index (χ1) is 23.3. The molecule has 4 N–H and O–H groups in total. The molecule has 0 aliphatic heterocycles. The third-order valence-electron chi connectivity index (χ3n) is 6.69. The molecule has 0 radical (unpaired) electrons. The molecular weight excluding hydrogens is 748 g/mol. The molecule has 48 heavy (non-hydrogen) atoms. The Balaban J connectivity index is 0.000000297. The van der Waals surface area contributed by atoms with E-state index in [0.717, 1.165) is 54.2 Å². The summed E-state index contributed by atoms with van der Waals surface area (Å²) in [6.45, 7) is 3.96. The van der Waals surface area contributed by atoms with Gasteiger partial charge in [-0.2, -0.15) is 0 Å². The Morgan fingerprint density at radius 1 is 0.417 bits per heavy atom. The first-order valence-corrected chi connectivity index (χ1v) is 16.8. The van der Waals surface area contributed by atoms with E-state index in [1.165, 1.54) is 0 Å². The molecule has 0 amide bonds. The maximum Gasteiger partial charge on any atom is 0.134 e. The van der Waals surface area contributed by atoms with Crippen molar-refractivity contribution < 1.29 is 37.9 Å². The fourth-order valence-corrected chi connectivity index (χ4v) is 5.12. The molecule has 0 fully saturated rings. The van der Waals surface area contributed by atoms with Crippen LogP contribution in [0, 0.1) is 0 Å². The SMILES string of the molecule is COCCOc1cc(-c2ccc(N)cc2)c(OCCOC)cc1-c1ccc(N)cc1.COCCOc1cc(Br)c(OCCOC)cc1Br. The summed E-state index contributed by atoms with van der Waals surface area (Å²) in [6, 6.07) is 23.1. The molecule has 0 spiro atoms. The summed E-state index contributed by atoms with van der Waals surface area (Å²) < 4.78 is 45.1. The molecule has 0 unspecified atom stereocenters. The van der Waals surface area contributed by atoms with Crippen molar-refractivity contribution in [3.8, 4) is 45.3 Å². The smallest absolute Gasteiger partial charge is 0.134 e. The van der Waals surface area contributed by atoms with Crippen LogP contribution >= 0.6 is 31.9 Å². The highest BCUT2D eigenvalue weighted by molar-refractivity contribution is 9.11. The van der Waals surface area contributed by atoms with Crippen LogP contribution in [0.4, 0.5) is 11.4 Å². The van der Waals surface area contributed by atoms with Crippen molar-refractivity contribution in [1.29, 1.82) is 0 Å². The van der Waals surface area contributed by atoms with E-state index in [4.69, 9.17) is 49.4 Å². The molecular formula is C36H44Br2N2O8. The van der Waals surface area contributed by atoms with Crippen LogP contribution in [-0.4, -0.2) is 81.3 Å². The van der Waals surface area contributed by atoms with Gasteiger partial charge >= 0.3 is 0 Å². The van der Waals surface area contributed by atoms with Crippen LogP contribution in [0.3, 0.4) is 0 Å². The molecule has 4 aromatic carbocycles. The van der Waals surface area contributed by atoms with Crippen molar-refractivity contribution in [3.63, 3.8) is 0 Å². The number of benzene rings is 4. The van der Waals surface area contributed by atoms with Crippen LogP contribution in [0.5, 0.6) is 23.0 Å². The normalized spacial score (nSPS) is 10.6. The first-order valence-electron chi connectivity index (χ1n) is 15.2. The van der Waals surface area contributed by atoms with Gasteiger partial charge in [-0.1, -0.05) is 24.3 Å². The lowest BCUT2D eigenvalue weighted by molar-refractivity contribution is 0.143. The number of rotatable bonds is 18. The molecule has 0 bridgehead atoms. The van der Waals surface area contributed by atoms with Crippen LogP contribution in [0.25, 0.3) is 22.3 Å². The standard InChI is InChI=1S/C24H28N2O4.C12H16Br2O4/c1-27-11-13-29-23-15-22(18-5-9-20(26)10-6-18)24(30-14-12-28-2)16-21(23)17-3-7-19(25)8-4-17;1-15-3-5-17-11-7-10(14)12(8-9(11)13)18-6-4-16-2/h3-10,15-16H,11-14,25-26H2,1-2H3;7-8H,3-6H2,1-2H3. The van der Waals surface area contributed by atoms with E-state index in [2.05, 4.69) is 31.9 Å². The molecule has 12 heteroatoms. The minimum Gasteiger partial charge on any atom is -0.491 e. The number of methoxy groups -OCH3 is 4. The zero-order valence-corrected chi connectivity index (χ0v) is 30.9. The van der Waals surface area contributed by atoms with Gasteiger partial charge in [-0.05, 0) is 91.5 Å². The molecule has 0 aromatic heterocycles. The molecule has 4 rings (SSSR count). The summed E-state index contributed by atoms with van der Waals surface area (Å²) >= 11 is 6.89. The van der Waals surface area contributed by atoms with E-state index in [0.29, 0.717) is 64.2 Å². The lowest BCUT2D eigenvalue weighted by Gasteiger charge is -2.18. The topological polar surface area (TPSA) is 126 Å². The maximum atomic E-state index is 6.07. The number of nitrogens with two attached hydrogens (primary N) is 2. The maximum absolute atomic E-state index is 6.07. The Bertz CT molecular complexity index is 1410. The van der Waals surface area contributed by atoms with Gasteiger partial charge in [0.15, 0.2) is 0 Å². The summed E-state index contributed by atoms with van der Waals surface area (Å²) in [7, 11) is 6.58. The van der Waals surface area contributed by atoms with Crippen LogP contribution in [0.15, 0.2) is 81.7 Å². The monoisotopic (exact) mass is 790 g/mol. The van der Waals surface area contributed by atoms with Crippen molar-refractivity contribution in [2.75, 3.05) is 92.8 Å². The predicted molar refractivity (Wildman–Crippen MR) is 197 cm³/mol. The summed E-state index contributed by atoms with van der Waals surface area (Å²) in [4.78, 5) is 0. The number of nitrogen functional groups attached to an aromatic ring is 2. The second-order valence-electron chi connectivity index (χ2n) is 10.2. The van der Waals surface area contributed by atoms with Gasteiger partial charge in [0.25, 0.3) is 0 Å². The quantitative estimate of drug-likeness (QED) is 0.0774. The van der Waals surface area contributed by atoms with E-state index in [-0.39, 0.29) is 0 Å². The first kappa shape index (κ1) is 38.9. The lowest BCUT2D eigenvalue weighted by Crippen LogP contribution is -2.08. The van der Waals surface area contributed by atoms with Gasteiger partial charge in [-0.3, -0.25) is 0 Å². The van der Waals surface area contributed by atoms with Gasteiger partial charge in [-0.25, -0.2) is 0 Å². The van der Waals surface area contributed by atoms with Crippen LogP contribution in [0.2, 0.25) is 0 Å². The van der Waals surface area contributed by atoms with Crippen LogP contribution < -0.4 is 30.4 Å². The highest BCUT2D eigenvalue weighted by atomic mass is 79.9. The lowest BCUT2D eigenvalue weighted by atomic mass is 9.97. The van der Waals surface area contributed by atoms with Gasteiger partial charge in [0, 0.05) is 50.9 Å². The van der Waals surface area contributed by atoms with Gasteiger partial charge in [0.05, 0.1) is 35.4 Å². The Hall–Kier alpha value is -3.52.